The van der Waals surface area contributed by atoms with E-state index < -0.39 is 0 Å². The highest BCUT2D eigenvalue weighted by molar-refractivity contribution is 9.10. The summed E-state index contributed by atoms with van der Waals surface area (Å²) in [5, 5.41) is 12.5. The fourth-order valence-corrected chi connectivity index (χ4v) is 3.25. The van der Waals surface area contributed by atoms with E-state index in [1.165, 1.54) is 6.42 Å². The predicted octanol–water partition coefficient (Wildman–Crippen LogP) is 3.69. The number of hydrogen-bond acceptors (Lipinski definition) is 2. The lowest BCUT2D eigenvalue weighted by molar-refractivity contribution is 0.245. The van der Waals surface area contributed by atoms with Gasteiger partial charge in [-0.1, -0.05) is 28.4 Å². The zero-order chi connectivity index (χ0) is 12.8. The Morgan fingerprint density at radius 2 is 1.94 bits per heavy atom. The van der Waals surface area contributed by atoms with Crippen molar-refractivity contribution in [1.29, 1.82) is 0 Å². The molecule has 3 heteroatoms. The van der Waals surface area contributed by atoms with E-state index in [9.17, 15) is 5.11 Å². The average Bonchev–Trinajstić information content (AvgIpc) is 2.29. The number of hydrogen-bond donors (Lipinski definition) is 2. The van der Waals surface area contributed by atoms with Crippen molar-refractivity contribution < 1.29 is 5.11 Å². The Labute approximate surface area is 115 Å². The summed E-state index contributed by atoms with van der Waals surface area (Å²) in [6, 6.07) is 10.0. The smallest absolute Gasteiger partial charge is 0.120 e. The second-order valence-corrected chi connectivity index (χ2v) is 6.11. The maximum atomic E-state index is 10.2. The fourth-order valence-electron chi connectivity index (χ4n) is 2.87. The Bertz CT molecular complexity index is 599. The van der Waals surface area contributed by atoms with Crippen LogP contribution in [0.1, 0.15) is 24.8 Å². The summed E-state index contributed by atoms with van der Waals surface area (Å²) in [5.74, 6) is 0.384. The number of fused-ring (bicyclic) bond motifs is 1. The molecule has 1 saturated carbocycles. The van der Waals surface area contributed by atoms with Gasteiger partial charge in [-0.05, 0) is 47.9 Å². The molecule has 3 N–H and O–H groups in total. The molecule has 18 heavy (non-hydrogen) atoms. The highest BCUT2D eigenvalue weighted by atomic mass is 79.9. The van der Waals surface area contributed by atoms with Crippen molar-refractivity contribution in [3.05, 3.63) is 40.4 Å². The number of phenols is 1. The van der Waals surface area contributed by atoms with E-state index in [2.05, 4.69) is 28.1 Å². The summed E-state index contributed by atoms with van der Waals surface area (Å²) in [6.45, 7) is 0.611. The Balaban J connectivity index is 2.20. The lowest BCUT2D eigenvalue weighted by Gasteiger charge is -2.41. The molecule has 0 spiro atoms. The van der Waals surface area contributed by atoms with Gasteiger partial charge in [-0.2, -0.15) is 0 Å². The average molecular weight is 306 g/mol. The SMILES string of the molecule is NCC1(c2cc3cc(Br)ccc3cc2O)CCC1. The van der Waals surface area contributed by atoms with Crippen LogP contribution in [0.2, 0.25) is 0 Å². The quantitative estimate of drug-likeness (QED) is 0.889. The summed E-state index contributed by atoms with van der Waals surface area (Å²) in [4.78, 5) is 0. The summed E-state index contributed by atoms with van der Waals surface area (Å²) in [7, 11) is 0. The molecule has 1 aliphatic rings. The second kappa shape index (κ2) is 4.25. The number of rotatable bonds is 2. The van der Waals surface area contributed by atoms with Crippen molar-refractivity contribution in [2.24, 2.45) is 5.73 Å². The molecular weight excluding hydrogens is 290 g/mol. The van der Waals surface area contributed by atoms with Crippen LogP contribution in [-0.2, 0) is 5.41 Å². The van der Waals surface area contributed by atoms with Gasteiger partial charge in [0, 0.05) is 22.0 Å². The largest absolute Gasteiger partial charge is 0.508 e. The first kappa shape index (κ1) is 12.0. The van der Waals surface area contributed by atoms with Crippen molar-refractivity contribution in [1.82, 2.24) is 0 Å². The van der Waals surface area contributed by atoms with E-state index in [0.717, 1.165) is 33.7 Å². The molecule has 1 fully saturated rings. The molecule has 94 valence electrons. The Morgan fingerprint density at radius 3 is 2.56 bits per heavy atom. The third kappa shape index (κ3) is 1.73. The van der Waals surface area contributed by atoms with E-state index in [1.54, 1.807) is 0 Å². The van der Waals surface area contributed by atoms with Gasteiger partial charge in [0.25, 0.3) is 0 Å². The Hall–Kier alpha value is -1.06. The Kier molecular flexibility index (Phi) is 2.83. The molecule has 0 bridgehead atoms. The summed E-state index contributed by atoms with van der Waals surface area (Å²) < 4.78 is 1.06. The molecule has 3 rings (SSSR count). The molecule has 0 unspecified atom stereocenters. The van der Waals surface area contributed by atoms with Crippen molar-refractivity contribution in [2.45, 2.75) is 24.7 Å². The minimum atomic E-state index is 0.000586. The van der Waals surface area contributed by atoms with E-state index in [1.807, 2.05) is 18.2 Å². The molecule has 0 aromatic heterocycles. The van der Waals surface area contributed by atoms with Crippen molar-refractivity contribution in [3.63, 3.8) is 0 Å². The molecule has 0 radical (unpaired) electrons. The zero-order valence-corrected chi connectivity index (χ0v) is 11.7. The molecule has 0 saturated heterocycles. The van der Waals surface area contributed by atoms with Crippen LogP contribution in [0.15, 0.2) is 34.8 Å². The van der Waals surface area contributed by atoms with Crippen LogP contribution in [0.3, 0.4) is 0 Å². The van der Waals surface area contributed by atoms with Gasteiger partial charge in [-0.25, -0.2) is 0 Å². The number of benzene rings is 2. The highest BCUT2D eigenvalue weighted by Gasteiger charge is 2.39. The maximum absolute atomic E-state index is 10.2. The van der Waals surface area contributed by atoms with Gasteiger partial charge < -0.3 is 10.8 Å². The maximum Gasteiger partial charge on any atom is 0.120 e. The highest BCUT2D eigenvalue weighted by Crippen LogP contribution is 2.47. The van der Waals surface area contributed by atoms with Crippen LogP contribution in [0, 0.1) is 0 Å². The van der Waals surface area contributed by atoms with E-state index in [4.69, 9.17) is 5.73 Å². The zero-order valence-electron chi connectivity index (χ0n) is 10.1. The van der Waals surface area contributed by atoms with Crippen LogP contribution in [0.5, 0.6) is 5.75 Å². The fraction of sp³-hybridized carbons (Fsp3) is 0.333. The predicted molar refractivity (Wildman–Crippen MR) is 77.9 cm³/mol. The molecule has 0 amide bonds. The first-order valence-corrected chi connectivity index (χ1v) is 7.07. The second-order valence-electron chi connectivity index (χ2n) is 5.20. The normalized spacial score (nSPS) is 17.7. The minimum absolute atomic E-state index is 0.000586. The standard InChI is InChI=1S/C15H16BrNO/c16-12-3-2-10-8-14(18)13(7-11(10)6-12)15(9-17)4-1-5-15/h2-3,6-8,18H,1,4-5,9,17H2. The van der Waals surface area contributed by atoms with Gasteiger partial charge >= 0.3 is 0 Å². The summed E-state index contributed by atoms with van der Waals surface area (Å²) >= 11 is 3.49. The van der Waals surface area contributed by atoms with Crippen LogP contribution < -0.4 is 5.73 Å². The molecule has 0 atom stereocenters. The molecule has 0 aliphatic heterocycles. The lowest BCUT2D eigenvalue weighted by Crippen LogP contribution is -2.41. The number of nitrogens with two attached hydrogens (primary N) is 1. The topological polar surface area (TPSA) is 46.2 Å². The number of halogens is 1. The molecule has 2 aromatic carbocycles. The van der Waals surface area contributed by atoms with Crippen molar-refractivity contribution >= 4 is 26.7 Å². The van der Waals surface area contributed by atoms with Gasteiger partial charge in [-0.3, -0.25) is 0 Å². The van der Waals surface area contributed by atoms with Gasteiger partial charge in [0.2, 0.25) is 0 Å². The van der Waals surface area contributed by atoms with Crippen LogP contribution in [-0.4, -0.2) is 11.7 Å². The third-order valence-electron chi connectivity index (χ3n) is 4.19. The van der Waals surface area contributed by atoms with Crippen molar-refractivity contribution in [2.75, 3.05) is 6.54 Å². The van der Waals surface area contributed by atoms with Gasteiger partial charge in [0.1, 0.15) is 5.75 Å². The molecule has 0 heterocycles. The molecular formula is C15H16BrNO. The first-order valence-electron chi connectivity index (χ1n) is 6.27. The van der Waals surface area contributed by atoms with Gasteiger partial charge in [0.15, 0.2) is 0 Å². The molecule has 2 nitrogen and oxygen atoms in total. The van der Waals surface area contributed by atoms with Crippen molar-refractivity contribution in [3.8, 4) is 5.75 Å². The summed E-state index contributed by atoms with van der Waals surface area (Å²) in [5.41, 5.74) is 6.94. The summed E-state index contributed by atoms with van der Waals surface area (Å²) in [6.07, 6.45) is 3.36. The monoisotopic (exact) mass is 305 g/mol. The van der Waals surface area contributed by atoms with Crippen LogP contribution in [0.25, 0.3) is 10.8 Å². The van der Waals surface area contributed by atoms with Gasteiger partial charge in [0.05, 0.1) is 0 Å². The van der Waals surface area contributed by atoms with Crippen LogP contribution in [0.4, 0.5) is 0 Å². The van der Waals surface area contributed by atoms with E-state index >= 15 is 0 Å². The van der Waals surface area contributed by atoms with E-state index in [-0.39, 0.29) is 5.41 Å². The van der Waals surface area contributed by atoms with Crippen LogP contribution >= 0.6 is 15.9 Å². The molecule has 2 aromatic rings. The number of aromatic hydroxyl groups is 1. The van der Waals surface area contributed by atoms with E-state index in [0.29, 0.717) is 12.3 Å². The lowest BCUT2D eigenvalue weighted by atomic mass is 9.64. The minimum Gasteiger partial charge on any atom is -0.508 e. The first-order chi connectivity index (χ1) is 8.64. The van der Waals surface area contributed by atoms with Gasteiger partial charge in [-0.15, -0.1) is 0 Å². The molecule has 1 aliphatic carbocycles. The Morgan fingerprint density at radius 1 is 1.17 bits per heavy atom. The third-order valence-corrected chi connectivity index (χ3v) is 4.68. The number of phenolic OH excluding ortho intramolecular Hbond substituents is 1.